The van der Waals surface area contributed by atoms with Crippen LogP contribution in [-0.4, -0.2) is 31.1 Å². The third-order valence-electron chi connectivity index (χ3n) is 2.13. The van der Waals surface area contributed by atoms with Crippen molar-refractivity contribution in [1.82, 2.24) is 5.32 Å². The molecule has 1 atom stereocenters. The molecule has 1 heterocycles. The second-order valence-corrected chi connectivity index (χ2v) is 4.03. The van der Waals surface area contributed by atoms with E-state index in [1.165, 1.54) is 32.2 Å². The molecule has 0 amide bonds. The van der Waals surface area contributed by atoms with Crippen molar-refractivity contribution in [3.8, 4) is 0 Å². The second kappa shape index (κ2) is 6.87. The number of unbranched alkanes of at least 4 members (excludes halogenated alkanes) is 1. The maximum atomic E-state index is 5.70. The van der Waals surface area contributed by atoms with Crippen molar-refractivity contribution in [3.05, 3.63) is 0 Å². The summed E-state index contributed by atoms with van der Waals surface area (Å²) in [5.41, 5.74) is 0. The van der Waals surface area contributed by atoms with Gasteiger partial charge >= 0.3 is 0 Å². The molecule has 1 fully saturated rings. The fourth-order valence-electron chi connectivity index (χ4n) is 1.41. The van der Waals surface area contributed by atoms with E-state index in [1.807, 2.05) is 0 Å². The third kappa shape index (κ3) is 4.43. The lowest BCUT2D eigenvalue weighted by molar-refractivity contribution is 0.0356. The average molecular weight is 236 g/mol. The first-order chi connectivity index (χ1) is 5.93. The molecule has 3 heteroatoms. The first kappa shape index (κ1) is 10.5. The predicted octanol–water partition coefficient (Wildman–Crippen LogP) is 1.93. The van der Waals surface area contributed by atoms with Gasteiger partial charge in [0.1, 0.15) is 0 Å². The van der Waals surface area contributed by atoms with Crippen LogP contribution >= 0.6 is 15.9 Å². The minimum absolute atomic E-state index is 0.481. The van der Waals surface area contributed by atoms with Crippen LogP contribution in [0, 0.1) is 0 Å². The number of alkyl halides is 1. The molecule has 0 saturated carbocycles. The number of hydrogen-bond acceptors (Lipinski definition) is 2. The summed E-state index contributed by atoms with van der Waals surface area (Å²) in [6.07, 6.45) is 5.39. The van der Waals surface area contributed by atoms with Gasteiger partial charge in [-0.3, -0.25) is 0 Å². The normalized spacial score (nSPS) is 24.2. The van der Waals surface area contributed by atoms with E-state index in [4.69, 9.17) is 4.74 Å². The number of halogens is 1. The molecule has 1 rings (SSSR count). The minimum Gasteiger partial charge on any atom is -0.377 e. The van der Waals surface area contributed by atoms with Crippen molar-refractivity contribution in [3.63, 3.8) is 0 Å². The Kier molecular flexibility index (Phi) is 6.00. The topological polar surface area (TPSA) is 21.3 Å². The minimum atomic E-state index is 0.481. The highest BCUT2D eigenvalue weighted by molar-refractivity contribution is 9.09. The number of nitrogens with one attached hydrogen (secondary N) is 1. The van der Waals surface area contributed by atoms with Crippen LogP contribution in [0.5, 0.6) is 0 Å². The summed E-state index contributed by atoms with van der Waals surface area (Å²) in [5, 5.41) is 4.44. The summed E-state index contributed by atoms with van der Waals surface area (Å²) in [7, 11) is 0. The SMILES string of the molecule is BrCCCCOC1CCCNC1. The monoisotopic (exact) mass is 235 g/mol. The molecule has 0 aliphatic carbocycles. The number of rotatable bonds is 5. The zero-order valence-corrected chi connectivity index (χ0v) is 9.11. The molecule has 1 aliphatic heterocycles. The summed E-state index contributed by atoms with van der Waals surface area (Å²) >= 11 is 3.41. The molecule has 12 heavy (non-hydrogen) atoms. The Morgan fingerprint density at radius 3 is 3.00 bits per heavy atom. The fourth-order valence-corrected chi connectivity index (χ4v) is 1.81. The van der Waals surface area contributed by atoms with Crippen LogP contribution in [0.25, 0.3) is 0 Å². The number of ether oxygens (including phenoxy) is 1. The molecular weight excluding hydrogens is 218 g/mol. The van der Waals surface area contributed by atoms with Crippen molar-refractivity contribution in [2.24, 2.45) is 0 Å². The smallest absolute Gasteiger partial charge is 0.0699 e. The molecule has 0 spiro atoms. The molecule has 2 nitrogen and oxygen atoms in total. The van der Waals surface area contributed by atoms with E-state index in [2.05, 4.69) is 21.2 Å². The highest BCUT2D eigenvalue weighted by atomic mass is 79.9. The summed E-state index contributed by atoms with van der Waals surface area (Å²) in [6, 6.07) is 0. The molecule has 0 aromatic carbocycles. The van der Waals surface area contributed by atoms with Crippen LogP contribution in [0.4, 0.5) is 0 Å². The molecule has 1 unspecified atom stereocenters. The Labute approximate surface area is 83.2 Å². The van der Waals surface area contributed by atoms with Gasteiger partial charge in [-0.25, -0.2) is 0 Å². The van der Waals surface area contributed by atoms with Gasteiger partial charge in [-0.2, -0.15) is 0 Å². The van der Waals surface area contributed by atoms with E-state index < -0.39 is 0 Å². The van der Waals surface area contributed by atoms with E-state index in [0.717, 1.165) is 18.5 Å². The van der Waals surface area contributed by atoms with E-state index >= 15 is 0 Å². The second-order valence-electron chi connectivity index (χ2n) is 3.24. The van der Waals surface area contributed by atoms with Crippen molar-refractivity contribution >= 4 is 15.9 Å². The maximum absolute atomic E-state index is 5.70. The van der Waals surface area contributed by atoms with Crippen molar-refractivity contribution in [1.29, 1.82) is 0 Å². The van der Waals surface area contributed by atoms with Gasteiger partial charge in [-0.15, -0.1) is 0 Å². The number of piperidine rings is 1. The van der Waals surface area contributed by atoms with Crippen LogP contribution in [0.15, 0.2) is 0 Å². The lowest BCUT2D eigenvalue weighted by Crippen LogP contribution is -2.35. The van der Waals surface area contributed by atoms with Crippen LogP contribution < -0.4 is 5.32 Å². The van der Waals surface area contributed by atoms with E-state index in [0.29, 0.717) is 6.10 Å². The van der Waals surface area contributed by atoms with Crippen LogP contribution in [0.1, 0.15) is 25.7 Å². The summed E-state index contributed by atoms with van der Waals surface area (Å²) < 4.78 is 5.70. The zero-order chi connectivity index (χ0) is 8.65. The lowest BCUT2D eigenvalue weighted by atomic mass is 10.1. The molecule has 72 valence electrons. The fraction of sp³-hybridized carbons (Fsp3) is 1.00. The molecule has 1 N–H and O–H groups in total. The van der Waals surface area contributed by atoms with Gasteiger partial charge in [0, 0.05) is 18.5 Å². The van der Waals surface area contributed by atoms with E-state index in [-0.39, 0.29) is 0 Å². The Morgan fingerprint density at radius 2 is 2.33 bits per heavy atom. The Hall–Kier alpha value is 0.400. The summed E-state index contributed by atoms with van der Waals surface area (Å²) in [4.78, 5) is 0. The van der Waals surface area contributed by atoms with Crippen molar-refractivity contribution in [2.75, 3.05) is 25.0 Å². The Bertz CT molecular complexity index is 105. The lowest BCUT2D eigenvalue weighted by Gasteiger charge is -2.22. The quantitative estimate of drug-likeness (QED) is 0.581. The predicted molar refractivity (Wildman–Crippen MR) is 54.9 cm³/mol. The largest absolute Gasteiger partial charge is 0.377 e. The molecule has 1 aliphatic rings. The Balaban J connectivity index is 1.91. The number of hydrogen-bond donors (Lipinski definition) is 1. The van der Waals surface area contributed by atoms with Gasteiger partial charge in [-0.1, -0.05) is 15.9 Å². The third-order valence-corrected chi connectivity index (χ3v) is 2.69. The summed E-state index contributed by atoms with van der Waals surface area (Å²) in [6.45, 7) is 3.15. The first-order valence-corrected chi connectivity index (χ1v) is 5.94. The standard InChI is InChI=1S/C9H18BrNO/c10-5-1-2-7-12-9-4-3-6-11-8-9/h9,11H,1-8H2. The van der Waals surface area contributed by atoms with Gasteiger partial charge in [0.15, 0.2) is 0 Å². The molecule has 0 bridgehead atoms. The van der Waals surface area contributed by atoms with Crippen LogP contribution in [0.2, 0.25) is 0 Å². The average Bonchev–Trinajstić information content (AvgIpc) is 2.14. The highest BCUT2D eigenvalue weighted by Crippen LogP contribution is 2.06. The van der Waals surface area contributed by atoms with Crippen molar-refractivity contribution < 1.29 is 4.74 Å². The van der Waals surface area contributed by atoms with Crippen molar-refractivity contribution in [2.45, 2.75) is 31.8 Å². The molecule has 1 saturated heterocycles. The van der Waals surface area contributed by atoms with Gasteiger partial charge in [0.2, 0.25) is 0 Å². The molecule has 0 aromatic heterocycles. The molecular formula is C9H18BrNO. The van der Waals surface area contributed by atoms with Gasteiger partial charge in [0.05, 0.1) is 6.10 Å². The highest BCUT2D eigenvalue weighted by Gasteiger charge is 2.11. The zero-order valence-electron chi connectivity index (χ0n) is 7.52. The van der Waals surface area contributed by atoms with Gasteiger partial charge < -0.3 is 10.1 Å². The molecule has 0 radical (unpaired) electrons. The van der Waals surface area contributed by atoms with Crippen LogP contribution in [-0.2, 0) is 4.74 Å². The summed E-state index contributed by atoms with van der Waals surface area (Å²) in [5.74, 6) is 0. The van der Waals surface area contributed by atoms with E-state index in [9.17, 15) is 0 Å². The Morgan fingerprint density at radius 1 is 1.42 bits per heavy atom. The first-order valence-electron chi connectivity index (χ1n) is 4.82. The molecule has 0 aromatic rings. The van der Waals surface area contributed by atoms with E-state index in [1.54, 1.807) is 0 Å². The van der Waals surface area contributed by atoms with Gasteiger partial charge in [0.25, 0.3) is 0 Å². The van der Waals surface area contributed by atoms with Gasteiger partial charge in [-0.05, 0) is 32.2 Å². The maximum Gasteiger partial charge on any atom is 0.0699 e. The van der Waals surface area contributed by atoms with Crippen LogP contribution in [0.3, 0.4) is 0 Å².